The first-order valence-corrected chi connectivity index (χ1v) is 9.78. The Balaban J connectivity index is 1.79. The molecule has 2 aromatic rings. The molecule has 132 valence electrons. The highest BCUT2D eigenvalue weighted by Crippen LogP contribution is 2.46. The predicted octanol–water partition coefficient (Wildman–Crippen LogP) is 6.03. The van der Waals surface area contributed by atoms with Gasteiger partial charge in [0.25, 0.3) is 0 Å². The van der Waals surface area contributed by atoms with E-state index in [0.29, 0.717) is 5.56 Å². The van der Waals surface area contributed by atoms with Gasteiger partial charge in [-0.25, -0.2) is 4.79 Å². The molecule has 0 aromatic heterocycles. The van der Waals surface area contributed by atoms with E-state index in [2.05, 4.69) is 45.9 Å². The van der Waals surface area contributed by atoms with Gasteiger partial charge < -0.3 is 5.11 Å². The number of hydrogen-bond acceptors (Lipinski definition) is 2. The van der Waals surface area contributed by atoms with Crippen LogP contribution in [0.4, 0.5) is 0 Å². The van der Waals surface area contributed by atoms with Crippen molar-refractivity contribution in [1.82, 2.24) is 0 Å². The monoisotopic (exact) mass is 354 g/mol. The van der Waals surface area contributed by atoms with Gasteiger partial charge in [-0.1, -0.05) is 45.9 Å². The van der Waals surface area contributed by atoms with Crippen molar-refractivity contribution < 1.29 is 9.90 Å². The van der Waals surface area contributed by atoms with Crippen LogP contribution in [0.3, 0.4) is 0 Å². The Morgan fingerprint density at radius 3 is 2.16 bits per heavy atom. The molecule has 0 heterocycles. The molecular formula is C22H26O2S. The fourth-order valence-corrected chi connectivity index (χ4v) is 4.43. The minimum atomic E-state index is -0.879. The first-order valence-electron chi connectivity index (χ1n) is 8.79. The van der Waals surface area contributed by atoms with E-state index in [1.54, 1.807) is 23.9 Å². The second-order valence-electron chi connectivity index (χ2n) is 8.27. The normalized spacial score (nSPS) is 17.8. The Labute approximate surface area is 154 Å². The maximum absolute atomic E-state index is 10.9. The third kappa shape index (κ3) is 3.77. The molecule has 3 rings (SSSR count). The van der Waals surface area contributed by atoms with Crippen molar-refractivity contribution in [3.63, 3.8) is 0 Å². The molecule has 0 bridgehead atoms. The van der Waals surface area contributed by atoms with Gasteiger partial charge >= 0.3 is 5.97 Å². The van der Waals surface area contributed by atoms with Gasteiger partial charge in [0.15, 0.2) is 0 Å². The summed E-state index contributed by atoms with van der Waals surface area (Å²) in [5.74, 6) is 0.0204. The second kappa shape index (κ2) is 6.53. The van der Waals surface area contributed by atoms with E-state index in [-0.39, 0.29) is 10.8 Å². The molecular weight excluding hydrogens is 328 g/mol. The Morgan fingerprint density at radius 2 is 1.56 bits per heavy atom. The van der Waals surface area contributed by atoms with Gasteiger partial charge in [0.1, 0.15) is 0 Å². The Morgan fingerprint density at radius 1 is 0.960 bits per heavy atom. The molecule has 0 amide bonds. The summed E-state index contributed by atoms with van der Waals surface area (Å²) in [4.78, 5) is 12.0. The van der Waals surface area contributed by atoms with Crippen molar-refractivity contribution in [3.8, 4) is 0 Å². The highest BCUT2D eigenvalue weighted by atomic mass is 32.2. The molecule has 0 spiro atoms. The van der Waals surface area contributed by atoms with Crippen LogP contribution >= 0.6 is 11.8 Å². The summed E-state index contributed by atoms with van der Waals surface area (Å²) in [5, 5.41) is 8.98. The second-order valence-corrected chi connectivity index (χ2v) is 9.31. The van der Waals surface area contributed by atoms with Gasteiger partial charge in [-0.05, 0) is 64.6 Å². The fraction of sp³-hybridized carbons (Fsp3) is 0.409. The summed E-state index contributed by atoms with van der Waals surface area (Å²) in [6.07, 6.45) is 2.46. The van der Waals surface area contributed by atoms with Crippen LogP contribution in [0.2, 0.25) is 0 Å². The smallest absolute Gasteiger partial charge is 0.335 e. The lowest BCUT2D eigenvalue weighted by Crippen LogP contribution is -2.33. The number of aromatic carboxylic acids is 1. The third-order valence-corrected chi connectivity index (χ3v) is 6.51. The van der Waals surface area contributed by atoms with E-state index in [4.69, 9.17) is 5.11 Å². The highest BCUT2D eigenvalue weighted by molar-refractivity contribution is 7.98. The minimum absolute atomic E-state index is 0.231. The van der Waals surface area contributed by atoms with Crippen molar-refractivity contribution in [2.75, 3.05) is 0 Å². The first kappa shape index (κ1) is 18.1. The Hall–Kier alpha value is -1.74. The lowest BCUT2D eigenvalue weighted by molar-refractivity contribution is 0.0697. The lowest BCUT2D eigenvalue weighted by Gasteiger charge is -2.42. The molecule has 0 saturated heterocycles. The van der Waals surface area contributed by atoms with Gasteiger partial charge in [0, 0.05) is 10.6 Å². The number of carboxylic acids is 1. The van der Waals surface area contributed by atoms with Crippen LogP contribution in [0.1, 0.15) is 67.6 Å². The van der Waals surface area contributed by atoms with E-state index in [1.165, 1.54) is 29.5 Å². The quantitative estimate of drug-likeness (QED) is 0.682. The molecule has 2 aromatic carbocycles. The largest absolute Gasteiger partial charge is 0.478 e. The molecule has 0 unspecified atom stereocenters. The van der Waals surface area contributed by atoms with Crippen LogP contribution < -0.4 is 0 Å². The van der Waals surface area contributed by atoms with Crippen molar-refractivity contribution in [1.29, 1.82) is 0 Å². The summed E-state index contributed by atoms with van der Waals surface area (Å²) in [5.41, 5.74) is 5.13. The summed E-state index contributed by atoms with van der Waals surface area (Å²) in [7, 11) is 0. The Kier molecular flexibility index (Phi) is 4.72. The number of thioether (sulfide) groups is 1. The minimum Gasteiger partial charge on any atom is -0.478 e. The molecule has 0 saturated carbocycles. The topological polar surface area (TPSA) is 37.3 Å². The average Bonchev–Trinajstić information content (AvgIpc) is 2.57. The molecule has 0 aliphatic heterocycles. The van der Waals surface area contributed by atoms with Crippen LogP contribution in [0.15, 0.2) is 47.4 Å². The van der Waals surface area contributed by atoms with E-state index < -0.39 is 5.97 Å². The zero-order chi connectivity index (χ0) is 18.2. The zero-order valence-corrected chi connectivity index (χ0v) is 16.2. The number of hydrogen-bond donors (Lipinski definition) is 1. The van der Waals surface area contributed by atoms with Crippen molar-refractivity contribution in [2.24, 2.45) is 0 Å². The SMILES string of the molecule is CC1(C)CCC(C)(C)c2cc(CSc3ccc(C(=O)O)cc3)ccc21. The van der Waals surface area contributed by atoms with Gasteiger partial charge in [-0.15, -0.1) is 11.8 Å². The van der Waals surface area contributed by atoms with Gasteiger partial charge in [0.05, 0.1) is 5.56 Å². The molecule has 2 nitrogen and oxygen atoms in total. The average molecular weight is 355 g/mol. The van der Waals surface area contributed by atoms with Crippen LogP contribution in [0.25, 0.3) is 0 Å². The van der Waals surface area contributed by atoms with Crippen LogP contribution in [-0.2, 0) is 16.6 Å². The number of carbonyl (C=O) groups is 1. The number of benzene rings is 2. The van der Waals surface area contributed by atoms with E-state index in [9.17, 15) is 4.79 Å². The third-order valence-electron chi connectivity index (χ3n) is 5.42. The summed E-state index contributed by atoms with van der Waals surface area (Å²) in [6.45, 7) is 9.39. The molecule has 0 radical (unpaired) electrons. The van der Waals surface area contributed by atoms with Crippen molar-refractivity contribution >= 4 is 17.7 Å². The summed E-state index contributed by atoms with van der Waals surface area (Å²) < 4.78 is 0. The van der Waals surface area contributed by atoms with E-state index >= 15 is 0 Å². The first-order chi connectivity index (χ1) is 11.7. The molecule has 1 aliphatic rings. The predicted molar refractivity (Wildman–Crippen MR) is 105 cm³/mol. The summed E-state index contributed by atoms with van der Waals surface area (Å²) >= 11 is 1.75. The maximum atomic E-state index is 10.9. The molecule has 0 fully saturated rings. The number of rotatable bonds is 4. The Bertz CT molecular complexity index is 788. The lowest BCUT2D eigenvalue weighted by atomic mass is 9.63. The molecule has 25 heavy (non-hydrogen) atoms. The zero-order valence-electron chi connectivity index (χ0n) is 15.4. The maximum Gasteiger partial charge on any atom is 0.335 e. The fourth-order valence-electron chi connectivity index (χ4n) is 3.59. The standard InChI is InChI=1S/C22H26O2S/c1-21(2)11-12-22(3,4)19-13-15(5-10-18(19)21)14-25-17-8-6-16(7-9-17)20(23)24/h5-10,13H,11-12,14H2,1-4H3,(H,23,24). The molecule has 0 atom stereocenters. The number of fused-ring (bicyclic) bond motifs is 1. The van der Waals surface area contributed by atoms with Gasteiger partial charge in [-0.3, -0.25) is 0 Å². The van der Waals surface area contributed by atoms with Crippen molar-refractivity contribution in [3.05, 3.63) is 64.7 Å². The van der Waals surface area contributed by atoms with Crippen LogP contribution in [0.5, 0.6) is 0 Å². The number of carboxylic acid groups (broad SMARTS) is 1. The molecule has 3 heteroatoms. The van der Waals surface area contributed by atoms with Gasteiger partial charge in [-0.2, -0.15) is 0 Å². The van der Waals surface area contributed by atoms with Crippen molar-refractivity contribution in [2.45, 2.75) is 62.0 Å². The molecule has 1 N–H and O–H groups in total. The van der Waals surface area contributed by atoms with Crippen LogP contribution in [-0.4, -0.2) is 11.1 Å². The van der Waals surface area contributed by atoms with E-state index in [1.807, 2.05) is 12.1 Å². The molecule has 1 aliphatic carbocycles. The van der Waals surface area contributed by atoms with Gasteiger partial charge in [0.2, 0.25) is 0 Å². The van der Waals surface area contributed by atoms with Crippen LogP contribution in [0, 0.1) is 0 Å². The van der Waals surface area contributed by atoms with E-state index in [0.717, 1.165) is 10.6 Å². The summed E-state index contributed by atoms with van der Waals surface area (Å²) in [6, 6.07) is 14.1. The highest BCUT2D eigenvalue weighted by Gasteiger charge is 2.36.